The topological polar surface area (TPSA) is 94.8 Å². The van der Waals surface area contributed by atoms with Crippen LogP contribution in [0.15, 0.2) is 65.6 Å². The van der Waals surface area contributed by atoms with Gasteiger partial charge in [-0.1, -0.05) is 54.1 Å². The number of benzene rings is 2. The summed E-state index contributed by atoms with van der Waals surface area (Å²) in [6.07, 6.45) is 0. The Labute approximate surface area is 189 Å². The number of hydrogen-bond acceptors (Lipinski definition) is 3. The molecule has 0 spiro atoms. The Bertz CT molecular complexity index is 551. The van der Waals surface area contributed by atoms with Gasteiger partial charge in [-0.05, 0) is 19.1 Å². The summed E-state index contributed by atoms with van der Waals surface area (Å²) in [6, 6.07) is 18.7. The third-order valence-electron chi connectivity index (χ3n) is 2.00. The minimum Gasteiger partial charge on any atom is -1.00 e. The zero-order chi connectivity index (χ0) is 16.1. The molecular formula is C14H20Na2O5S2. The van der Waals surface area contributed by atoms with Crippen LogP contribution in [0.2, 0.25) is 0 Å². The first-order valence-corrected chi connectivity index (χ1v) is 8.21. The second-order valence-corrected chi connectivity index (χ2v) is 5.54. The van der Waals surface area contributed by atoms with Gasteiger partial charge in [-0.25, -0.2) is 8.42 Å². The van der Waals surface area contributed by atoms with Crippen molar-refractivity contribution < 1.29 is 84.6 Å². The molecule has 0 saturated heterocycles. The summed E-state index contributed by atoms with van der Waals surface area (Å²) in [5.74, 6) is -0.667. The summed E-state index contributed by atoms with van der Waals surface area (Å²) in [5, 5.41) is 7.59. The second-order valence-electron chi connectivity index (χ2n) is 3.67. The second kappa shape index (κ2) is 19.0. The summed E-state index contributed by atoms with van der Waals surface area (Å²) in [7, 11) is 0. The van der Waals surface area contributed by atoms with Crippen molar-refractivity contribution in [1.29, 1.82) is 0 Å². The van der Waals surface area contributed by atoms with Crippen LogP contribution in [0.5, 0.6) is 0 Å². The molecule has 0 bridgehead atoms. The Kier molecular flexibility index (Phi) is 23.4. The fourth-order valence-corrected chi connectivity index (χ4v) is 1.46. The van der Waals surface area contributed by atoms with Gasteiger partial charge in [0, 0.05) is 0 Å². The molecule has 23 heavy (non-hydrogen) atoms. The van der Waals surface area contributed by atoms with Crippen LogP contribution < -0.4 is 59.1 Å². The van der Waals surface area contributed by atoms with E-state index in [9.17, 15) is 8.42 Å². The van der Waals surface area contributed by atoms with Crippen LogP contribution in [0.1, 0.15) is 8.42 Å². The van der Waals surface area contributed by atoms with E-state index < -0.39 is 28.1 Å². The zero-order valence-corrected chi connectivity index (χ0v) is 19.1. The molecule has 0 aliphatic carbocycles. The number of aliphatic hydroxyl groups is 1. The van der Waals surface area contributed by atoms with Gasteiger partial charge in [-0.15, -0.1) is 0 Å². The molecule has 2 aromatic carbocycles. The van der Waals surface area contributed by atoms with E-state index in [0.29, 0.717) is 4.90 Å². The van der Waals surface area contributed by atoms with Crippen LogP contribution in [-0.4, -0.2) is 28.6 Å². The third kappa shape index (κ3) is 18.8. The number of rotatable bonds is 2. The SMILES string of the molecule is Cc1ccccc1.O=S(O)CO.O=S(O)c1ccccc1.[H-].[H-].[Na+].[Na+]. The Hall–Kier alpha value is 0.620. The molecule has 0 amide bonds. The fourth-order valence-electron chi connectivity index (χ4n) is 1.07. The van der Waals surface area contributed by atoms with Crippen molar-refractivity contribution in [3.05, 3.63) is 66.2 Å². The summed E-state index contributed by atoms with van der Waals surface area (Å²) in [5.41, 5.74) is 1.32. The Morgan fingerprint density at radius 2 is 1.22 bits per heavy atom. The monoisotopic (exact) mass is 378 g/mol. The predicted molar refractivity (Wildman–Crippen MR) is 86.7 cm³/mol. The van der Waals surface area contributed by atoms with E-state index in [2.05, 4.69) is 19.1 Å². The van der Waals surface area contributed by atoms with E-state index in [0.717, 1.165) is 0 Å². The molecule has 0 aliphatic heterocycles. The maximum absolute atomic E-state index is 10.3. The first-order chi connectivity index (χ1) is 9.97. The van der Waals surface area contributed by atoms with Crippen LogP contribution in [-0.2, 0) is 22.2 Å². The van der Waals surface area contributed by atoms with Gasteiger partial charge in [0.25, 0.3) is 0 Å². The van der Waals surface area contributed by atoms with Crippen molar-refractivity contribution >= 4 is 22.2 Å². The van der Waals surface area contributed by atoms with E-state index in [4.69, 9.17) is 14.2 Å². The summed E-state index contributed by atoms with van der Waals surface area (Å²) in [6.45, 7) is 2.08. The molecular weight excluding hydrogens is 358 g/mol. The quantitative estimate of drug-likeness (QED) is 0.375. The first kappa shape index (κ1) is 28.4. The van der Waals surface area contributed by atoms with Crippen LogP contribution >= 0.6 is 0 Å². The molecule has 0 saturated carbocycles. The van der Waals surface area contributed by atoms with Gasteiger partial charge < -0.3 is 17.1 Å². The normalized spacial score (nSPS) is 11.0. The molecule has 0 aromatic heterocycles. The smallest absolute Gasteiger partial charge is 1.00 e. The minimum atomic E-state index is -2.02. The third-order valence-corrected chi connectivity index (χ3v) is 2.89. The average molecular weight is 378 g/mol. The maximum Gasteiger partial charge on any atom is 1.00 e. The minimum absolute atomic E-state index is 0. The van der Waals surface area contributed by atoms with E-state index in [1.807, 2.05) is 18.2 Å². The number of aryl methyl sites for hydroxylation is 1. The first-order valence-electron chi connectivity index (χ1n) is 5.83. The van der Waals surface area contributed by atoms with Crippen LogP contribution in [0.4, 0.5) is 0 Å². The van der Waals surface area contributed by atoms with E-state index in [-0.39, 0.29) is 62.0 Å². The molecule has 120 valence electrons. The molecule has 2 unspecified atom stereocenters. The Morgan fingerprint density at radius 3 is 1.39 bits per heavy atom. The van der Waals surface area contributed by atoms with Gasteiger partial charge in [0.15, 0.2) is 22.2 Å². The molecule has 2 rings (SSSR count). The summed E-state index contributed by atoms with van der Waals surface area (Å²) in [4.78, 5) is 0.442. The Balaban J connectivity index is -0.0000000768. The maximum atomic E-state index is 10.3. The van der Waals surface area contributed by atoms with Crippen molar-refractivity contribution in [3.63, 3.8) is 0 Å². The van der Waals surface area contributed by atoms with Gasteiger partial charge in [0.2, 0.25) is 0 Å². The molecule has 2 atom stereocenters. The summed E-state index contributed by atoms with van der Waals surface area (Å²) >= 11 is -3.85. The van der Waals surface area contributed by atoms with Crippen molar-refractivity contribution in [2.45, 2.75) is 11.8 Å². The molecule has 3 N–H and O–H groups in total. The molecule has 0 heterocycles. The molecule has 5 nitrogen and oxygen atoms in total. The fraction of sp³-hybridized carbons (Fsp3) is 0.143. The van der Waals surface area contributed by atoms with Gasteiger partial charge in [0.1, 0.15) is 5.94 Å². The molecule has 0 fully saturated rings. The van der Waals surface area contributed by atoms with E-state index in [1.165, 1.54) is 5.56 Å². The van der Waals surface area contributed by atoms with Gasteiger partial charge in [-0.3, -0.25) is 0 Å². The predicted octanol–water partition coefficient (Wildman–Crippen LogP) is -3.35. The number of hydrogen-bond donors (Lipinski definition) is 3. The molecule has 2 aromatic rings. The van der Waals surface area contributed by atoms with Crippen LogP contribution in [0, 0.1) is 6.92 Å². The average Bonchev–Trinajstić information content (AvgIpc) is 2.50. The number of aliphatic hydroxyl groups excluding tert-OH is 1. The van der Waals surface area contributed by atoms with Crippen LogP contribution in [0.25, 0.3) is 0 Å². The summed E-state index contributed by atoms with van der Waals surface area (Å²) < 4.78 is 35.6. The van der Waals surface area contributed by atoms with Crippen molar-refractivity contribution in [3.8, 4) is 0 Å². The van der Waals surface area contributed by atoms with Crippen molar-refractivity contribution in [1.82, 2.24) is 0 Å². The van der Waals surface area contributed by atoms with E-state index in [1.54, 1.807) is 30.3 Å². The standard InChI is InChI=1S/C7H8.C6H6O2S.CH4O3S.2Na.2H/c1-7-5-3-2-4-6-7;7-9(8)6-4-2-1-3-5-6;2-1-5(3)4;;;;/h2-6H,1H3;1-5H,(H,7,8);2H,1H2,(H,3,4);;;;/q;;;2*+1;2*-1. The van der Waals surface area contributed by atoms with Crippen LogP contribution in [0.3, 0.4) is 0 Å². The Morgan fingerprint density at radius 1 is 0.870 bits per heavy atom. The van der Waals surface area contributed by atoms with Gasteiger partial charge >= 0.3 is 59.1 Å². The van der Waals surface area contributed by atoms with Crippen molar-refractivity contribution in [2.24, 2.45) is 0 Å². The molecule has 9 heteroatoms. The van der Waals surface area contributed by atoms with Gasteiger partial charge in [0.05, 0.1) is 4.90 Å². The van der Waals surface area contributed by atoms with E-state index >= 15 is 0 Å². The zero-order valence-electron chi connectivity index (χ0n) is 15.5. The largest absolute Gasteiger partial charge is 1.00 e. The molecule has 0 radical (unpaired) electrons. The van der Waals surface area contributed by atoms with Gasteiger partial charge in [-0.2, -0.15) is 0 Å². The molecule has 0 aliphatic rings. The van der Waals surface area contributed by atoms with Crippen molar-refractivity contribution in [2.75, 3.05) is 5.94 Å².